The third kappa shape index (κ3) is 3.89. The summed E-state index contributed by atoms with van der Waals surface area (Å²) in [6.45, 7) is 0. The van der Waals surface area contributed by atoms with E-state index in [9.17, 15) is 8.42 Å². The molecule has 0 spiro atoms. The van der Waals surface area contributed by atoms with Crippen molar-refractivity contribution in [3.63, 3.8) is 0 Å². The molecule has 0 fully saturated rings. The van der Waals surface area contributed by atoms with Crippen LogP contribution in [0.4, 0.5) is 0 Å². The first kappa shape index (κ1) is 18.9. The Morgan fingerprint density at radius 2 is 1.69 bits per heavy atom. The van der Waals surface area contributed by atoms with Gasteiger partial charge in [0.25, 0.3) is 0 Å². The van der Waals surface area contributed by atoms with Gasteiger partial charge in [0, 0.05) is 23.4 Å². The summed E-state index contributed by atoms with van der Waals surface area (Å²) < 4.78 is 28.4. The van der Waals surface area contributed by atoms with Gasteiger partial charge in [-0.05, 0) is 34.9 Å². The third-order valence-corrected chi connectivity index (χ3v) is 5.47. The average molecular weight is 406 g/mol. The van der Waals surface area contributed by atoms with Crippen LogP contribution >= 0.6 is 0 Å². The lowest BCUT2D eigenvalue weighted by Crippen LogP contribution is -2.11. The molecule has 0 atom stereocenters. The summed E-state index contributed by atoms with van der Waals surface area (Å²) >= 11 is 0. The Kier molecular flexibility index (Phi) is 4.87. The second-order valence-electron chi connectivity index (χ2n) is 6.40. The van der Waals surface area contributed by atoms with Crippen LogP contribution in [0.15, 0.2) is 78.0 Å². The molecule has 0 radical (unpaired) electrons. The summed E-state index contributed by atoms with van der Waals surface area (Å²) in [6.07, 6.45) is 3.44. The molecular formula is C21H18N4O3S. The summed E-state index contributed by atoms with van der Waals surface area (Å²) in [4.78, 5) is 4.22. The summed E-state index contributed by atoms with van der Waals surface area (Å²) in [6, 6.07) is 18.1. The number of hydrogen-bond acceptors (Lipinski definition) is 5. The lowest BCUT2D eigenvalue weighted by molar-refractivity contribution is 0.398. The molecule has 4 aromatic rings. The van der Waals surface area contributed by atoms with Gasteiger partial charge in [-0.1, -0.05) is 36.4 Å². The number of benzene rings is 2. The first-order chi connectivity index (χ1) is 14.0. The Balaban J connectivity index is 1.69. The highest BCUT2D eigenvalue weighted by Crippen LogP contribution is 2.32. The normalized spacial score (nSPS) is 11.4. The zero-order valence-electron chi connectivity index (χ0n) is 15.5. The van der Waals surface area contributed by atoms with Crippen LogP contribution in [0, 0.1) is 0 Å². The van der Waals surface area contributed by atoms with E-state index >= 15 is 0 Å². The molecule has 0 saturated carbocycles. The SMILES string of the molecule is COc1cc(-c2[nH]ncc2-c2ccc(-c3cccc(S(N)(=O)=O)c3)cc2)ccn1. The van der Waals surface area contributed by atoms with Crippen LogP contribution in [-0.2, 0) is 10.0 Å². The highest BCUT2D eigenvalue weighted by Gasteiger charge is 2.12. The molecule has 146 valence electrons. The highest BCUT2D eigenvalue weighted by molar-refractivity contribution is 7.89. The van der Waals surface area contributed by atoms with E-state index in [2.05, 4.69) is 15.2 Å². The molecular weight excluding hydrogens is 388 g/mol. The Hall–Kier alpha value is -3.49. The van der Waals surface area contributed by atoms with E-state index in [1.54, 1.807) is 31.6 Å². The van der Waals surface area contributed by atoms with E-state index in [0.29, 0.717) is 5.88 Å². The van der Waals surface area contributed by atoms with Crippen molar-refractivity contribution in [1.82, 2.24) is 15.2 Å². The van der Waals surface area contributed by atoms with E-state index in [1.165, 1.54) is 6.07 Å². The first-order valence-electron chi connectivity index (χ1n) is 8.73. The molecule has 0 aliphatic heterocycles. The Labute approximate surface area is 168 Å². The van der Waals surface area contributed by atoms with Crippen LogP contribution in [0.25, 0.3) is 33.5 Å². The fourth-order valence-electron chi connectivity index (χ4n) is 3.10. The molecule has 7 nitrogen and oxygen atoms in total. The van der Waals surface area contributed by atoms with Gasteiger partial charge in [0.1, 0.15) is 0 Å². The second-order valence-corrected chi connectivity index (χ2v) is 7.96. The molecule has 2 aromatic carbocycles. The van der Waals surface area contributed by atoms with Crippen LogP contribution in [0.5, 0.6) is 5.88 Å². The highest BCUT2D eigenvalue weighted by atomic mass is 32.2. The number of nitrogens with two attached hydrogens (primary N) is 1. The summed E-state index contributed by atoms with van der Waals surface area (Å²) in [5, 5.41) is 12.4. The van der Waals surface area contributed by atoms with Gasteiger partial charge in [0.2, 0.25) is 15.9 Å². The molecule has 29 heavy (non-hydrogen) atoms. The molecule has 2 aromatic heterocycles. The molecule has 0 aliphatic rings. The zero-order valence-corrected chi connectivity index (χ0v) is 16.3. The van der Waals surface area contributed by atoms with E-state index in [4.69, 9.17) is 9.88 Å². The number of rotatable bonds is 5. The molecule has 0 bridgehead atoms. The number of nitrogens with zero attached hydrogens (tertiary/aromatic N) is 2. The minimum atomic E-state index is -3.75. The van der Waals surface area contributed by atoms with Crippen LogP contribution < -0.4 is 9.88 Å². The molecule has 0 saturated heterocycles. The monoisotopic (exact) mass is 406 g/mol. The van der Waals surface area contributed by atoms with Crippen molar-refractivity contribution in [2.45, 2.75) is 4.90 Å². The number of hydrogen-bond donors (Lipinski definition) is 2. The fourth-order valence-corrected chi connectivity index (χ4v) is 3.66. The van der Waals surface area contributed by atoms with Crippen LogP contribution in [0.1, 0.15) is 0 Å². The molecule has 8 heteroatoms. The van der Waals surface area contributed by atoms with Crippen molar-refractivity contribution in [3.05, 3.63) is 73.1 Å². The molecule has 3 N–H and O–H groups in total. The maximum absolute atomic E-state index is 11.6. The molecule has 2 heterocycles. The summed E-state index contributed by atoms with van der Waals surface area (Å²) in [5.74, 6) is 0.521. The van der Waals surface area contributed by atoms with Crippen molar-refractivity contribution < 1.29 is 13.2 Å². The number of aromatic nitrogens is 3. The molecule has 0 amide bonds. The van der Waals surface area contributed by atoms with Gasteiger partial charge >= 0.3 is 0 Å². The number of aromatic amines is 1. The van der Waals surface area contributed by atoms with E-state index in [0.717, 1.165) is 33.5 Å². The van der Waals surface area contributed by atoms with Gasteiger partial charge in [-0.25, -0.2) is 18.5 Å². The Bertz CT molecular complexity index is 1270. The zero-order chi connectivity index (χ0) is 20.4. The summed E-state index contributed by atoms with van der Waals surface area (Å²) in [5.41, 5.74) is 5.33. The van der Waals surface area contributed by atoms with Crippen molar-refractivity contribution >= 4 is 10.0 Å². The standard InChI is InChI=1S/C21H18N4O3S/c1-28-20-12-17(9-10-23-20)21-19(13-24-25-21)15-7-5-14(6-8-15)16-3-2-4-18(11-16)29(22,26)27/h2-13H,1H3,(H,24,25)(H2,22,26,27). The smallest absolute Gasteiger partial charge is 0.238 e. The lowest BCUT2D eigenvalue weighted by atomic mass is 9.99. The minimum Gasteiger partial charge on any atom is -0.481 e. The maximum atomic E-state index is 11.6. The lowest BCUT2D eigenvalue weighted by Gasteiger charge is -2.08. The molecule has 0 unspecified atom stereocenters. The predicted octanol–water partition coefficient (Wildman–Crippen LogP) is 3.46. The van der Waals surface area contributed by atoms with Crippen molar-refractivity contribution in [2.75, 3.05) is 7.11 Å². The van der Waals surface area contributed by atoms with Gasteiger partial charge in [-0.2, -0.15) is 5.10 Å². The fraction of sp³-hybridized carbons (Fsp3) is 0.0476. The molecule has 0 aliphatic carbocycles. The van der Waals surface area contributed by atoms with E-state index in [1.807, 2.05) is 42.5 Å². The number of pyridine rings is 1. The topological polar surface area (TPSA) is 111 Å². The van der Waals surface area contributed by atoms with E-state index < -0.39 is 10.0 Å². The van der Waals surface area contributed by atoms with Gasteiger partial charge in [-0.3, -0.25) is 5.10 Å². The number of ether oxygens (including phenoxy) is 1. The average Bonchev–Trinajstić information content (AvgIpc) is 3.23. The number of primary sulfonamides is 1. The van der Waals surface area contributed by atoms with Crippen molar-refractivity contribution in [3.8, 4) is 39.4 Å². The van der Waals surface area contributed by atoms with Crippen LogP contribution in [0.2, 0.25) is 0 Å². The van der Waals surface area contributed by atoms with Crippen LogP contribution in [-0.4, -0.2) is 30.7 Å². The second kappa shape index (κ2) is 7.50. The number of nitrogens with one attached hydrogen (secondary N) is 1. The predicted molar refractivity (Wildman–Crippen MR) is 111 cm³/mol. The third-order valence-electron chi connectivity index (χ3n) is 4.56. The number of sulfonamides is 1. The quantitative estimate of drug-likeness (QED) is 0.527. The van der Waals surface area contributed by atoms with Gasteiger partial charge in [-0.15, -0.1) is 0 Å². The largest absolute Gasteiger partial charge is 0.481 e. The Morgan fingerprint density at radius 3 is 2.41 bits per heavy atom. The van der Waals surface area contributed by atoms with Gasteiger partial charge in [0.05, 0.1) is 23.9 Å². The van der Waals surface area contributed by atoms with Crippen LogP contribution in [0.3, 0.4) is 0 Å². The van der Waals surface area contributed by atoms with E-state index in [-0.39, 0.29) is 4.90 Å². The Morgan fingerprint density at radius 1 is 0.931 bits per heavy atom. The van der Waals surface area contributed by atoms with Crippen molar-refractivity contribution in [2.24, 2.45) is 5.14 Å². The molecule has 4 rings (SSSR count). The maximum Gasteiger partial charge on any atom is 0.238 e. The summed E-state index contributed by atoms with van der Waals surface area (Å²) in [7, 11) is -2.17. The first-order valence-corrected chi connectivity index (χ1v) is 10.3. The number of H-pyrrole nitrogens is 1. The number of methoxy groups -OCH3 is 1. The minimum absolute atomic E-state index is 0.0860. The van der Waals surface area contributed by atoms with Crippen molar-refractivity contribution in [1.29, 1.82) is 0 Å². The van der Waals surface area contributed by atoms with Gasteiger partial charge < -0.3 is 4.74 Å². The van der Waals surface area contributed by atoms with Gasteiger partial charge in [0.15, 0.2) is 0 Å².